The fourth-order valence-electron chi connectivity index (χ4n) is 1.68. The number of nitrogens with zero attached hydrogens (tertiary/aromatic N) is 2. The molecular formula is C12H13N3O2S. The quantitative estimate of drug-likeness (QED) is 0.825. The number of benzene rings is 1. The van der Waals surface area contributed by atoms with Crippen LogP contribution in [0.25, 0.3) is 0 Å². The third kappa shape index (κ3) is 2.60. The Morgan fingerprint density at radius 2 is 2.33 bits per heavy atom. The van der Waals surface area contributed by atoms with E-state index in [4.69, 9.17) is 10.8 Å². The van der Waals surface area contributed by atoms with Crippen LogP contribution in [0.1, 0.15) is 16.1 Å². The Bertz CT molecular complexity index is 554. The van der Waals surface area contributed by atoms with E-state index in [0.717, 1.165) is 11.4 Å². The lowest BCUT2D eigenvalue weighted by atomic mass is 10.1. The standard InChI is InChI=1S/C12H13N3O2S/c1-15(5-9-6-18-7-14-9)11-3-2-8(12(16)17)4-10(11)13/h2-4,6-7H,5,13H2,1H3,(H,16,17). The summed E-state index contributed by atoms with van der Waals surface area (Å²) in [7, 11) is 1.89. The molecule has 0 saturated carbocycles. The summed E-state index contributed by atoms with van der Waals surface area (Å²) in [5.74, 6) is -0.976. The number of rotatable bonds is 4. The number of thiazole rings is 1. The topological polar surface area (TPSA) is 79.5 Å². The first-order valence-corrected chi connectivity index (χ1v) is 6.23. The molecule has 6 heteroatoms. The van der Waals surface area contributed by atoms with E-state index in [-0.39, 0.29) is 5.56 Å². The molecule has 0 saturated heterocycles. The maximum atomic E-state index is 10.8. The van der Waals surface area contributed by atoms with Crippen molar-refractivity contribution in [3.05, 3.63) is 40.3 Å². The van der Waals surface area contributed by atoms with Crippen molar-refractivity contribution in [1.82, 2.24) is 4.98 Å². The number of aromatic carboxylic acids is 1. The summed E-state index contributed by atoms with van der Waals surface area (Å²) >= 11 is 1.54. The van der Waals surface area contributed by atoms with Crippen LogP contribution < -0.4 is 10.6 Å². The molecule has 0 radical (unpaired) electrons. The van der Waals surface area contributed by atoms with Crippen molar-refractivity contribution >= 4 is 28.7 Å². The van der Waals surface area contributed by atoms with Gasteiger partial charge in [-0.25, -0.2) is 9.78 Å². The predicted octanol–water partition coefficient (Wildman–Crippen LogP) is 2.06. The van der Waals surface area contributed by atoms with Gasteiger partial charge in [0.15, 0.2) is 0 Å². The zero-order valence-corrected chi connectivity index (χ0v) is 10.6. The Kier molecular flexibility index (Phi) is 3.47. The number of carboxylic acid groups (broad SMARTS) is 1. The molecule has 2 aromatic rings. The first kappa shape index (κ1) is 12.4. The molecular weight excluding hydrogens is 250 g/mol. The van der Waals surface area contributed by atoms with Gasteiger partial charge in [-0.2, -0.15) is 0 Å². The number of hydrogen-bond acceptors (Lipinski definition) is 5. The molecule has 0 bridgehead atoms. The Morgan fingerprint density at radius 3 is 2.89 bits per heavy atom. The molecule has 0 fully saturated rings. The molecule has 0 spiro atoms. The van der Waals surface area contributed by atoms with Crippen molar-refractivity contribution in [3.63, 3.8) is 0 Å². The van der Waals surface area contributed by atoms with Gasteiger partial charge in [0.1, 0.15) is 0 Å². The van der Waals surface area contributed by atoms with Crippen LogP contribution in [0.2, 0.25) is 0 Å². The van der Waals surface area contributed by atoms with Gasteiger partial charge in [0, 0.05) is 12.4 Å². The summed E-state index contributed by atoms with van der Waals surface area (Å²) in [6, 6.07) is 4.73. The van der Waals surface area contributed by atoms with Crippen LogP contribution >= 0.6 is 11.3 Å². The normalized spacial score (nSPS) is 10.3. The van der Waals surface area contributed by atoms with Gasteiger partial charge in [-0.05, 0) is 18.2 Å². The number of carbonyl (C=O) groups is 1. The maximum absolute atomic E-state index is 10.8. The summed E-state index contributed by atoms with van der Waals surface area (Å²) in [5, 5.41) is 10.8. The fraction of sp³-hybridized carbons (Fsp3) is 0.167. The molecule has 2 rings (SSSR count). The molecule has 3 N–H and O–H groups in total. The molecule has 0 aliphatic heterocycles. The Hall–Kier alpha value is -2.08. The summed E-state index contributed by atoms with van der Waals surface area (Å²) < 4.78 is 0. The number of anilines is 2. The van der Waals surface area contributed by atoms with Crippen molar-refractivity contribution in [3.8, 4) is 0 Å². The monoisotopic (exact) mass is 263 g/mol. The van der Waals surface area contributed by atoms with E-state index in [1.165, 1.54) is 6.07 Å². The van der Waals surface area contributed by atoms with Gasteiger partial charge in [0.2, 0.25) is 0 Å². The van der Waals surface area contributed by atoms with E-state index < -0.39 is 5.97 Å². The van der Waals surface area contributed by atoms with E-state index in [1.54, 1.807) is 29.0 Å². The van der Waals surface area contributed by atoms with Gasteiger partial charge in [-0.1, -0.05) is 0 Å². The van der Waals surface area contributed by atoms with Gasteiger partial charge in [-0.15, -0.1) is 11.3 Å². The van der Waals surface area contributed by atoms with Crippen LogP contribution in [-0.2, 0) is 6.54 Å². The number of carboxylic acids is 1. The van der Waals surface area contributed by atoms with Crippen LogP contribution in [0.5, 0.6) is 0 Å². The highest BCUT2D eigenvalue weighted by atomic mass is 32.1. The highest BCUT2D eigenvalue weighted by molar-refractivity contribution is 7.07. The van der Waals surface area contributed by atoms with Crippen LogP contribution in [0.15, 0.2) is 29.1 Å². The van der Waals surface area contributed by atoms with Crippen molar-refractivity contribution in [1.29, 1.82) is 0 Å². The van der Waals surface area contributed by atoms with Crippen LogP contribution in [-0.4, -0.2) is 23.1 Å². The third-order valence-corrected chi connectivity index (χ3v) is 3.20. The summed E-state index contributed by atoms with van der Waals surface area (Å²) in [5.41, 5.74) is 10.0. The lowest BCUT2D eigenvalue weighted by molar-refractivity contribution is 0.0697. The molecule has 1 heterocycles. The Labute approximate surface area is 108 Å². The molecule has 0 unspecified atom stereocenters. The summed E-state index contributed by atoms with van der Waals surface area (Å²) in [6.45, 7) is 0.639. The van der Waals surface area contributed by atoms with Crippen molar-refractivity contribution in [2.75, 3.05) is 17.7 Å². The number of nitrogens with two attached hydrogens (primary N) is 1. The molecule has 5 nitrogen and oxygen atoms in total. The lowest BCUT2D eigenvalue weighted by Gasteiger charge is -2.20. The molecule has 18 heavy (non-hydrogen) atoms. The fourth-order valence-corrected chi connectivity index (χ4v) is 2.23. The molecule has 1 aromatic heterocycles. The Balaban J connectivity index is 2.20. The molecule has 0 aliphatic carbocycles. The third-order valence-electron chi connectivity index (χ3n) is 2.57. The van der Waals surface area contributed by atoms with Gasteiger partial charge in [0.25, 0.3) is 0 Å². The minimum atomic E-state index is -0.976. The lowest BCUT2D eigenvalue weighted by Crippen LogP contribution is -2.18. The molecule has 1 aromatic carbocycles. The average Bonchev–Trinajstić information content (AvgIpc) is 2.81. The second-order valence-electron chi connectivity index (χ2n) is 3.91. The minimum Gasteiger partial charge on any atom is -0.478 e. The second kappa shape index (κ2) is 5.05. The largest absolute Gasteiger partial charge is 0.478 e. The van der Waals surface area contributed by atoms with Gasteiger partial charge < -0.3 is 15.7 Å². The van der Waals surface area contributed by atoms with Crippen molar-refractivity contribution in [2.45, 2.75) is 6.54 Å². The van der Waals surface area contributed by atoms with Crippen LogP contribution in [0, 0.1) is 0 Å². The van der Waals surface area contributed by atoms with Crippen molar-refractivity contribution in [2.24, 2.45) is 0 Å². The van der Waals surface area contributed by atoms with Gasteiger partial charge in [0.05, 0.1) is 34.7 Å². The number of hydrogen-bond donors (Lipinski definition) is 2. The number of nitrogen functional groups attached to an aromatic ring is 1. The average molecular weight is 263 g/mol. The van der Waals surface area contributed by atoms with Crippen LogP contribution in [0.3, 0.4) is 0 Å². The number of aromatic nitrogens is 1. The Morgan fingerprint density at radius 1 is 1.56 bits per heavy atom. The molecule has 0 amide bonds. The van der Waals surface area contributed by atoms with Gasteiger partial charge >= 0.3 is 5.97 Å². The molecule has 0 atom stereocenters. The smallest absolute Gasteiger partial charge is 0.335 e. The molecule has 0 aliphatic rings. The molecule has 94 valence electrons. The van der Waals surface area contributed by atoms with E-state index in [1.807, 2.05) is 17.3 Å². The van der Waals surface area contributed by atoms with E-state index >= 15 is 0 Å². The van der Waals surface area contributed by atoms with Crippen molar-refractivity contribution < 1.29 is 9.90 Å². The maximum Gasteiger partial charge on any atom is 0.335 e. The van der Waals surface area contributed by atoms with E-state index in [0.29, 0.717) is 12.2 Å². The van der Waals surface area contributed by atoms with Crippen LogP contribution in [0.4, 0.5) is 11.4 Å². The first-order valence-electron chi connectivity index (χ1n) is 5.29. The first-order chi connectivity index (χ1) is 8.58. The highest BCUT2D eigenvalue weighted by Crippen LogP contribution is 2.24. The second-order valence-corrected chi connectivity index (χ2v) is 4.63. The van der Waals surface area contributed by atoms with E-state index in [9.17, 15) is 4.79 Å². The summed E-state index contributed by atoms with van der Waals surface area (Å²) in [4.78, 5) is 17.0. The SMILES string of the molecule is CN(Cc1cscn1)c1ccc(C(=O)O)cc1N. The zero-order valence-electron chi connectivity index (χ0n) is 9.83. The predicted molar refractivity (Wildman–Crippen MR) is 72.0 cm³/mol. The van der Waals surface area contributed by atoms with Gasteiger partial charge in [-0.3, -0.25) is 0 Å². The highest BCUT2D eigenvalue weighted by Gasteiger charge is 2.10. The minimum absolute atomic E-state index is 0.193. The van der Waals surface area contributed by atoms with E-state index in [2.05, 4.69) is 4.98 Å². The zero-order chi connectivity index (χ0) is 13.1. The summed E-state index contributed by atoms with van der Waals surface area (Å²) in [6.07, 6.45) is 0.